The quantitative estimate of drug-likeness (QED) is 0.300. The van der Waals surface area contributed by atoms with Crippen LogP contribution in [0.25, 0.3) is 0 Å². The molecule has 0 fully saturated rings. The van der Waals surface area contributed by atoms with Crippen LogP contribution >= 0.6 is 0 Å². The Balaban J connectivity index is -0.000000241. The molecule has 0 unspecified atom stereocenters. The molecule has 0 aromatic carbocycles. The van der Waals surface area contributed by atoms with E-state index in [1.165, 1.54) is 13.8 Å². The molecule has 0 N–H and O–H groups in total. The summed E-state index contributed by atoms with van der Waals surface area (Å²) in [6.45, 7) is 8.86. The topological polar surface area (TPSA) is 77.5 Å². The molecule has 0 aliphatic rings. The molecule has 0 saturated heterocycles. The van der Waals surface area contributed by atoms with E-state index in [0.29, 0.717) is 0 Å². The van der Waals surface area contributed by atoms with Crippen LogP contribution < -0.4 is 59.1 Å². The van der Waals surface area contributed by atoms with E-state index in [4.69, 9.17) is 0 Å². The van der Waals surface area contributed by atoms with E-state index in [2.05, 4.69) is 4.74 Å². The minimum atomic E-state index is -1.49. The van der Waals surface area contributed by atoms with Gasteiger partial charge in [-0.2, -0.15) is 0 Å². The molecular formula is C13H22Na2O5. The first-order valence-corrected chi connectivity index (χ1v) is 5.68. The number of Topliss-reactive ketones (excluding diaryl/α,β-unsaturated/α-hetero) is 2. The summed E-state index contributed by atoms with van der Waals surface area (Å²) in [6.07, 6.45) is -0.344. The van der Waals surface area contributed by atoms with Gasteiger partial charge in [-0.25, -0.2) is 0 Å². The third-order valence-electron chi connectivity index (χ3n) is 2.60. The van der Waals surface area contributed by atoms with Gasteiger partial charge in [0.05, 0.1) is 6.42 Å². The molecule has 0 rings (SSSR count). The fourth-order valence-corrected chi connectivity index (χ4v) is 1.00. The van der Waals surface area contributed by atoms with Gasteiger partial charge in [0.1, 0.15) is 11.2 Å². The normalized spacial score (nSPS) is 10.7. The Bertz CT molecular complexity index is 404. The van der Waals surface area contributed by atoms with E-state index in [9.17, 15) is 19.2 Å². The van der Waals surface area contributed by atoms with Crippen molar-refractivity contribution in [1.82, 2.24) is 0 Å². The van der Waals surface area contributed by atoms with Crippen molar-refractivity contribution in [3.05, 3.63) is 0 Å². The Morgan fingerprint density at radius 1 is 0.900 bits per heavy atom. The number of ketones is 2. The van der Waals surface area contributed by atoms with Crippen molar-refractivity contribution in [2.75, 3.05) is 0 Å². The Labute approximate surface area is 167 Å². The maximum atomic E-state index is 11.9. The minimum absolute atomic E-state index is 0. The molecule has 0 aliphatic carbocycles. The molecule has 5 nitrogen and oxygen atoms in total. The summed E-state index contributed by atoms with van der Waals surface area (Å²) in [5, 5.41) is 0. The molecule has 0 spiro atoms. The van der Waals surface area contributed by atoms with Crippen molar-refractivity contribution in [1.29, 1.82) is 0 Å². The fourth-order valence-electron chi connectivity index (χ4n) is 1.00. The molecule has 106 valence electrons. The number of ether oxygens (including phenoxy) is 1. The SMILES string of the molecule is CC(=O)OC(=O)C(C)(C)C(=O)CC(=O)C(C)(C)C.[H-].[H-].[Na+].[Na+]. The van der Waals surface area contributed by atoms with Crippen molar-refractivity contribution < 1.29 is 85.9 Å². The van der Waals surface area contributed by atoms with Crippen LogP contribution in [0.15, 0.2) is 0 Å². The van der Waals surface area contributed by atoms with Crippen molar-refractivity contribution in [3.8, 4) is 0 Å². The molecule has 0 aliphatic heterocycles. The standard InChI is InChI=1S/C13H20O5.2Na.2H/c1-8(14)18-11(17)13(5,6)10(16)7-9(15)12(2,3)4;;;;/h7H2,1-6H3;;;;/q;2*+1;2*-1. The molecule has 20 heavy (non-hydrogen) atoms. The van der Waals surface area contributed by atoms with Crippen molar-refractivity contribution in [2.45, 2.75) is 48.0 Å². The smallest absolute Gasteiger partial charge is 1.00 e. The summed E-state index contributed by atoms with van der Waals surface area (Å²) in [7, 11) is 0. The van der Waals surface area contributed by atoms with E-state index in [-0.39, 0.29) is 74.2 Å². The summed E-state index contributed by atoms with van der Waals surface area (Å²) in [5.74, 6) is -2.50. The van der Waals surface area contributed by atoms with Crippen LogP contribution in [0, 0.1) is 10.8 Å². The first-order chi connectivity index (χ1) is 7.89. The molecule has 0 amide bonds. The van der Waals surface area contributed by atoms with Gasteiger partial charge >= 0.3 is 71.1 Å². The predicted molar refractivity (Wildman–Crippen MR) is 66.9 cm³/mol. The van der Waals surface area contributed by atoms with Crippen LogP contribution in [0.1, 0.15) is 50.8 Å². The second kappa shape index (κ2) is 9.49. The first-order valence-electron chi connectivity index (χ1n) is 5.68. The Kier molecular flexibility index (Phi) is 12.1. The Hall–Kier alpha value is 0.480. The number of hydrogen-bond donors (Lipinski definition) is 0. The van der Waals surface area contributed by atoms with Crippen LogP contribution in [0.3, 0.4) is 0 Å². The van der Waals surface area contributed by atoms with E-state index in [1.54, 1.807) is 20.8 Å². The zero-order valence-electron chi connectivity index (χ0n) is 15.7. The fraction of sp³-hybridized carbons (Fsp3) is 0.692. The second-order valence-corrected chi connectivity index (χ2v) is 5.78. The third kappa shape index (κ3) is 8.05. The van der Waals surface area contributed by atoms with E-state index in [0.717, 1.165) is 6.92 Å². The van der Waals surface area contributed by atoms with Gasteiger partial charge in [-0.05, 0) is 13.8 Å². The van der Waals surface area contributed by atoms with Crippen molar-refractivity contribution in [3.63, 3.8) is 0 Å². The third-order valence-corrected chi connectivity index (χ3v) is 2.60. The van der Waals surface area contributed by atoms with Gasteiger partial charge < -0.3 is 7.59 Å². The molecule has 0 saturated carbocycles. The van der Waals surface area contributed by atoms with Gasteiger partial charge in [0, 0.05) is 12.3 Å². The number of esters is 2. The van der Waals surface area contributed by atoms with Crippen LogP contribution in [-0.2, 0) is 23.9 Å². The molecule has 7 heteroatoms. The summed E-state index contributed by atoms with van der Waals surface area (Å²) in [4.78, 5) is 45.9. The van der Waals surface area contributed by atoms with E-state index in [1.807, 2.05) is 0 Å². The molecule has 0 atom stereocenters. The van der Waals surface area contributed by atoms with Crippen molar-refractivity contribution >= 4 is 23.5 Å². The maximum Gasteiger partial charge on any atom is 1.00 e. The van der Waals surface area contributed by atoms with Crippen molar-refractivity contribution in [2.24, 2.45) is 10.8 Å². The Morgan fingerprint density at radius 3 is 1.60 bits per heavy atom. The number of rotatable bonds is 4. The number of carbonyl (C=O) groups is 4. The molecule has 0 aromatic heterocycles. The molecule has 0 radical (unpaired) electrons. The zero-order chi connectivity index (χ0) is 14.7. The van der Waals surface area contributed by atoms with Crippen LogP contribution in [0.2, 0.25) is 0 Å². The minimum Gasteiger partial charge on any atom is -1.00 e. The number of hydrogen-bond acceptors (Lipinski definition) is 5. The van der Waals surface area contributed by atoms with Gasteiger partial charge in [-0.1, -0.05) is 20.8 Å². The van der Waals surface area contributed by atoms with Gasteiger partial charge in [0.2, 0.25) is 0 Å². The van der Waals surface area contributed by atoms with Gasteiger partial charge in [-0.15, -0.1) is 0 Å². The number of carbonyl (C=O) groups excluding carboxylic acids is 4. The van der Waals surface area contributed by atoms with Crippen LogP contribution in [-0.4, -0.2) is 23.5 Å². The average Bonchev–Trinajstić information content (AvgIpc) is 2.14. The van der Waals surface area contributed by atoms with E-state index >= 15 is 0 Å². The summed E-state index contributed by atoms with van der Waals surface area (Å²) < 4.78 is 4.39. The molecule has 0 heterocycles. The summed E-state index contributed by atoms with van der Waals surface area (Å²) >= 11 is 0. The van der Waals surface area contributed by atoms with Crippen LogP contribution in [0.5, 0.6) is 0 Å². The molecule has 0 bridgehead atoms. The van der Waals surface area contributed by atoms with Gasteiger partial charge in [0.25, 0.3) is 0 Å². The maximum absolute atomic E-state index is 11.9. The Morgan fingerprint density at radius 2 is 1.30 bits per heavy atom. The van der Waals surface area contributed by atoms with Crippen LogP contribution in [0.4, 0.5) is 0 Å². The summed E-state index contributed by atoms with van der Waals surface area (Å²) in [5.41, 5.74) is -2.14. The van der Waals surface area contributed by atoms with E-state index < -0.39 is 28.6 Å². The monoisotopic (exact) mass is 304 g/mol. The summed E-state index contributed by atoms with van der Waals surface area (Å²) in [6, 6.07) is 0. The van der Waals surface area contributed by atoms with Gasteiger partial charge in [0.15, 0.2) is 5.78 Å². The average molecular weight is 304 g/mol. The first kappa shape index (κ1) is 25.4. The predicted octanol–water partition coefficient (Wildman–Crippen LogP) is -4.09. The van der Waals surface area contributed by atoms with Gasteiger partial charge in [-0.3, -0.25) is 19.2 Å². The molecule has 0 aromatic rings. The zero-order valence-corrected chi connectivity index (χ0v) is 17.7. The largest absolute Gasteiger partial charge is 1.00 e. The molecular weight excluding hydrogens is 282 g/mol. The second-order valence-electron chi connectivity index (χ2n) is 5.78.